The Labute approximate surface area is 118 Å². The van der Waals surface area contributed by atoms with Gasteiger partial charge in [-0.15, -0.1) is 0 Å². The summed E-state index contributed by atoms with van der Waals surface area (Å²) in [6, 6.07) is 7.50. The van der Waals surface area contributed by atoms with Gasteiger partial charge in [-0.2, -0.15) is 0 Å². The summed E-state index contributed by atoms with van der Waals surface area (Å²) in [5, 5.41) is 12.4. The van der Waals surface area contributed by atoms with E-state index in [1.807, 2.05) is 25.1 Å². The molecule has 3 heteroatoms. The Bertz CT molecular complexity index is 678. The van der Waals surface area contributed by atoms with Crippen molar-refractivity contribution in [2.24, 2.45) is 0 Å². The van der Waals surface area contributed by atoms with Crippen LogP contribution in [0.3, 0.4) is 0 Å². The van der Waals surface area contributed by atoms with Crippen molar-refractivity contribution in [1.82, 2.24) is 0 Å². The molecule has 1 aliphatic rings. The lowest BCUT2D eigenvalue weighted by Gasteiger charge is -2.32. The minimum atomic E-state index is -0.965. The maximum atomic E-state index is 12.2. The van der Waals surface area contributed by atoms with E-state index < -0.39 is 5.60 Å². The van der Waals surface area contributed by atoms with Crippen molar-refractivity contribution >= 4 is 10.8 Å². The first-order valence-corrected chi connectivity index (χ1v) is 7.43. The van der Waals surface area contributed by atoms with E-state index in [1.54, 1.807) is 6.07 Å². The van der Waals surface area contributed by atoms with E-state index in [4.69, 9.17) is 4.42 Å². The first-order valence-electron chi connectivity index (χ1n) is 7.43. The van der Waals surface area contributed by atoms with Gasteiger partial charge in [-0.3, -0.25) is 0 Å². The van der Waals surface area contributed by atoms with Crippen LogP contribution in [-0.4, -0.2) is 5.11 Å². The molecular formula is C17H20O3. The standard InChI is InChI=1S/C17H20O3/c1-2-12-13-8-4-5-9-14(13)16(18)20-15(12)17(19)10-6-3-7-11-17/h4-5,8-9,19H,2-3,6-7,10-11H2,1H3. The molecule has 1 aromatic heterocycles. The maximum Gasteiger partial charge on any atom is 0.343 e. The highest BCUT2D eigenvalue weighted by atomic mass is 16.4. The number of hydrogen-bond donors (Lipinski definition) is 1. The fourth-order valence-electron chi connectivity index (χ4n) is 3.35. The van der Waals surface area contributed by atoms with Crippen molar-refractivity contribution < 1.29 is 9.52 Å². The summed E-state index contributed by atoms with van der Waals surface area (Å²) in [6.07, 6.45) is 5.22. The van der Waals surface area contributed by atoms with E-state index in [0.29, 0.717) is 24.0 Å². The molecule has 3 rings (SSSR count). The van der Waals surface area contributed by atoms with E-state index in [9.17, 15) is 9.90 Å². The third kappa shape index (κ3) is 2.06. The van der Waals surface area contributed by atoms with Gasteiger partial charge in [0.15, 0.2) is 0 Å². The van der Waals surface area contributed by atoms with Crippen LogP contribution in [-0.2, 0) is 12.0 Å². The third-order valence-corrected chi connectivity index (χ3v) is 4.40. The molecule has 1 fully saturated rings. The Morgan fingerprint density at radius 2 is 1.80 bits per heavy atom. The molecule has 1 saturated carbocycles. The summed E-state index contributed by atoms with van der Waals surface area (Å²) in [5.74, 6) is 0.503. The van der Waals surface area contributed by atoms with Gasteiger partial charge in [-0.1, -0.05) is 44.4 Å². The second kappa shape index (κ2) is 5.06. The summed E-state index contributed by atoms with van der Waals surface area (Å²) >= 11 is 0. The Kier molecular flexibility index (Phi) is 3.38. The van der Waals surface area contributed by atoms with Crippen molar-refractivity contribution in [2.45, 2.75) is 51.0 Å². The number of aliphatic hydroxyl groups is 1. The van der Waals surface area contributed by atoms with Crippen molar-refractivity contribution in [1.29, 1.82) is 0 Å². The molecule has 0 saturated heterocycles. The molecule has 2 aromatic rings. The third-order valence-electron chi connectivity index (χ3n) is 4.40. The molecule has 0 aliphatic heterocycles. The smallest absolute Gasteiger partial charge is 0.343 e. The van der Waals surface area contributed by atoms with Crippen LogP contribution in [0.5, 0.6) is 0 Å². The molecule has 1 heterocycles. The Morgan fingerprint density at radius 3 is 2.45 bits per heavy atom. The molecule has 106 valence electrons. The van der Waals surface area contributed by atoms with Crippen LogP contribution in [0.2, 0.25) is 0 Å². The highest BCUT2D eigenvalue weighted by Gasteiger charge is 2.36. The molecule has 0 atom stereocenters. The molecule has 1 aliphatic carbocycles. The molecule has 20 heavy (non-hydrogen) atoms. The minimum absolute atomic E-state index is 0.341. The number of aryl methyl sites for hydroxylation is 1. The molecule has 3 nitrogen and oxygen atoms in total. The highest BCUT2D eigenvalue weighted by molar-refractivity contribution is 5.85. The van der Waals surface area contributed by atoms with Gasteiger partial charge in [-0.25, -0.2) is 4.79 Å². The van der Waals surface area contributed by atoms with Gasteiger partial charge in [0, 0.05) is 5.56 Å². The monoisotopic (exact) mass is 272 g/mol. The lowest BCUT2D eigenvalue weighted by Crippen LogP contribution is -2.31. The van der Waals surface area contributed by atoms with Crippen LogP contribution < -0.4 is 5.63 Å². The summed E-state index contributed by atoms with van der Waals surface area (Å²) in [4.78, 5) is 12.2. The highest BCUT2D eigenvalue weighted by Crippen LogP contribution is 2.39. The average Bonchev–Trinajstić information content (AvgIpc) is 2.48. The van der Waals surface area contributed by atoms with Gasteiger partial charge in [0.05, 0.1) is 5.39 Å². The van der Waals surface area contributed by atoms with Crippen LogP contribution in [0.15, 0.2) is 33.5 Å². The van der Waals surface area contributed by atoms with E-state index in [2.05, 4.69) is 0 Å². The van der Waals surface area contributed by atoms with E-state index >= 15 is 0 Å². The Balaban J connectivity index is 2.27. The quantitative estimate of drug-likeness (QED) is 0.910. The number of benzene rings is 1. The van der Waals surface area contributed by atoms with Crippen LogP contribution in [0.25, 0.3) is 10.8 Å². The van der Waals surface area contributed by atoms with Gasteiger partial charge in [0.2, 0.25) is 0 Å². The predicted molar refractivity (Wildman–Crippen MR) is 78.8 cm³/mol. The van der Waals surface area contributed by atoms with E-state index in [-0.39, 0.29) is 5.63 Å². The molecule has 0 bridgehead atoms. The van der Waals surface area contributed by atoms with Gasteiger partial charge in [-0.05, 0) is 30.7 Å². The molecule has 0 amide bonds. The van der Waals surface area contributed by atoms with Crippen LogP contribution in [0, 0.1) is 0 Å². The van der Waals surface area contributed by atoms with E-state index in [0.717, 1.165) is 36.6 Å². The molecular weight excluding hydrogens is 252 g/mol. The molecule has 0 unspecified atom stereocenters. The first-order chi connectivity index (χ1) is 9.65. The maximum absolute atomic E-state index is 12.2. The van der Waals surface area contributed by atoms with Gasteiger partial charge in [0.25, 0.3) is 0 Å². The molecule has 0 radical (unpaired) electrons. The summed E-state index contributed by atoms with van der Waals surface area (Å²) in [5.41, 5.74) is -0.330. The van der Waals surface area contributed by atoms with E-state index in [1.165, 1.54) is 0 Å². The second-order valence-electron chi connectivity index (χ2n) is 5.69. The number of fused-ring (bicyclic) bond motifs is 1. The fourth-order valence-corrected chi connectivity index (χ4v) is 3.35. The van der Waals surface area contributed by atoms with Gasteiger partial charge in [0.1, 0.15) is 11.4 Å². The van der Waals surface area contributed by atoms with Crippen molar-refractivity contribution in [2.75, 3.05) is 0 Å². The van der Waals surface area contributed by atoms with Crippen LogP contribution >= 0.6 is 0 Å². The predicted octanol–water partition coefficient (Wildman–Crippen LogP) is 3.51. The Hall–Kier alpha value is -1.61. The summed E-state index contributed by atoms with van der Waals surface area (Å²) in [6.45, 7) is 2.04. The van der Waals surface area contributed by atoms with Crippen molar-refractivity contribution in [3.05, 3.63) is 46.0 Å². The molecule has 0 spiro atoms. The molecule has 1 aromatic carbocycles. The number of rotatable bonds is 2. The molecule has 1 N–H and O–H groups in total. The lowest BCUT2D eigenvalue weighted by molar-refractivity contribution is -0.0229. The largest absolute Gasteiger partial charge is 0.424 e. The first kappa shape index (κ1) is 13.4. The fraction of sp³-hybridized carbons (Fsp3) is 0.471. The normalized spacial score (nSPS) is 18.3. The number of hydrogen-bond acceptors (Lipinski definition) is 3. The van der Waals surface area contributed by atoms with Crippen molar-refractivity contribution in [3.63, 3.8) is 0 Å². The summed E-state index contributed by atoms with van der Waals surface area (Å²) < 4.78 is 5.55. The van der Waals surface area contributed by atoms with Crippen LogP contribution in [0.1, 0.15) is 50.4 Å². The zero-order chi connectivity index (χ0) is 14.2. The SMILES string of the molecule is CCc1c(C2(O)CCCCC2)oc(=O)c2ccccc12. The zero-order valence-electron chi connectivity index (χ0n) is 11.8. The topological polar surface area (TPSA) is 50.4 Å². The average molecular weight is 272 g/mol. The Morgan fingerprint density at radius 1 is 1.15 bits per heavy atom. The van der Waals surface area contributed by atoms with Gasteiger partial charge < -0.3 is 9.52 Å². The minimum Gasteiger partial charge on any atom is -0.424 e. The van der Waals surface area contributed by atoms with Crippen LogP contribution in [0.4, 0.5) is 0 Å². The zero-order valence-corrected chi connectivity index (χ0v) is 11.8. The lowest BCUT2D eigenvalue weighted by atomic mass is 9.80. The van der Waals surface area contributed by atoms with Crippen molar-refractivity contribution in [3.8, 4) is 0 Å². The van der Waals surface area contributed by atoms with Gasteiger partial charge >= 0.3 is 5.63 Å². The second-order valence-corrected chi connectivity index (χ2v) is 5.69. The summed E-state index contributed by atoms with van der Waals surface area (Å²) in [7, 11) is 0.